The number of rotatable bonds is 5. The molecule has 0 aromatic carbocycles. The van der Waals surface area contributed by atoms with Gasteiger partial charge in [-0.25, -0.2) is 4.98 Å². The van der Waals surface area contributed by atoms with Crippen LogP contribution in [0.3, 0.4) is 0 Å². The van der Waals surface area contributed by atoms with E-state index in [1.54, 1.807) is 12.1 Å². The van der Waals surface area contributed by atoms with Crippen LogP contribution >= 0.6 is 23.4 Å². The maximum atomic E-state index is 12.1. The summed E-state index contributed by atoms with van der Waals surface area (Å²) >= 11 is 7.85. The van der Waals surface area contributed by atoms with Crippen molar-refractivity contribution in [2.75, 3.05) is 24.2 Å². The fraction of sp³-hybridized carbons (Fsp3) is 0.538. The summed E-state index contributed by atoms with van der Waals surface area (Å²) in [5.41, 5.74) is 0.555. The monoisotopic (exact) mass is 299 g/mol. The first kappa shape index (κ1) is 14.5. The highest BCUT2D eigenvalue weighted by atomic mass is 35.5. The molecule has 1 unspecified atom stereocenters. The van der Waals surface area contributed by atoms with Crippen LogP contribution in [-0.4, -0.2) is 35.0 Å². The minimum atomic E-state index is -0.0871. The third-order valence-corrected chi connectivity index (χ3v) is 4.52. The van der Waals surface area contributed by atoms with Gasteiger partial charge < -0.3 is 10.6 Å². The van der Waals surface area contributed by atoms with E-state index in [2.05, 4.69) is 15.6 Å². The zero-order valence-corrected chi connectivity index (χ0v) is 12.5. The van der Waals surface area contributed by atoms with E-state index in [4.69, 9.17) is 11.6 Å². The van der Waals surface area contributed by atoms with Gasteiger partial charge in [0.1, 0.15) is 11.0 Å². The number of carbonyl (C=O) groups excluding carboxylic acids is 1. The molecule has 1 aromatic rings. The molecule has 1 atom stereocenters. The van der Waals surface area contributed by atoms with Crippen LogP contribution in [0, 0.1) is 0 Å². The van der Waals surface area contributed by atoms with Gasteiger partial charge in [-0.2, -0.15) is 11.8 Å². The Hall–Kier alpha value is -0.940. The second-order valence-corrected chi connectivity index (χ2v) is 6.23. The molecule has 2 heterocycles. The summed E-state index contributed by atoms with van der Waals surface area (Å²) in [4.78, 5) is 16.2. The van der Waals surface area contributed by atoms with E-state index < -0.39 is 0 Å². The fourth-order valence-corrected chi connectivity index (χ4v) is 3.42. The number of anilines is 1. The van der Waals surface area contributed by atoms with E-state index in [9.17, 15) is 4.79 Å². The van der Waals surface area contributed by atoms with Crippen LogP contribution < -0.4 is 10.6 Å². The summed E-state index contributed by atoms with van der Waals surface area (Å²) in [5.74, 6) is 1.75. The lowest BCUT2D eigenvalue weighted by atomic mass is 10.2. The van der Waals surface area contributed by atoms with Crippen LogP contribution in [0.4, 0.5) is 5.82 Å². The molecule has 4 nitrogen and oxygen atoms in total. The van der Waals surface area contributed by atoms with Gasteiger partial charge in [-0.05, 0) is 37.7 Å². The number of amides is 1. The Bertz CT molecular complexity index is 450. The molecule has 1 aliphatic rings. The van der Waals surface area contributed by atoms with Crippen molar-refractivity contribution in [2.45, 2.75) is 25.0 Å². The Kier molecular flexibility index (Phi) is 5.34. The fourth-order valence-electron chi connectivity index (χ4n) is 2.01. The first-order valence-electron chi connectivity index (χ1n) is 6.50. The minimum Gasteiger partial charge on any atom is -0.370 e. The first-order valence-corrected chi connectivity index (χ1v) is 7.93. The van der Waals surface area contributed by atoms with Gasteiger partial charge in [0.15, 0.2) is 0 Å². The van der Waals surface area contributed by atoms with Crippen LogP contribution in [0.25, 0.3) is 0 Å². The van der Waals surface area contributed by atoms with E-state index in [1.165, 1.54) is 18.6 Å². The van der Waals surface area contributed by atoms with E-state index in [0.29, 0.717) is 21.8 Å². The van der Waals surface area contributed by atoms with Gasteiger partial charge in [0.25, 0.3) is 5.91 Å². The molecule has 19 heavy (non-hydrogen) atoms. The van der Waals surface area contributed by atoms with Crippen molar-refractivity contribution < 1.29 is 4.79 Å². The molecule has 1 aliphatic heterocycles. The Morgan fingerprint density at radius 1 is 1.58 bits per heavy atom. The van der Waals surface area contributed by atoms with E-state index in [1.807, 2.05) is 18.7 Å². The predicted molar refractivity (Wildman–Crippen MR) is 81.2 cm³/mol. The highest BCUT2D eigenvalue weighted by Gasteiger charge is 2.17. The lowest BCUT2D eigenvalue weighted by Gasteiger charge is -2.11. The predicted octanol–water partition coefficient (Wildman–Crippen LogP) is 2.79. The van der Waals surface area contributed by atoms with Gasteiger partial charge in [-0.3, -0.25) is 4.79 Å². The number of hydrogen-bond acceptors (Lipinski definition) is 4. The molecule has 6 heteroatoms. The summed E-state index contributed by atoms with van der Waals surface area (Å²) in [6.45, 7) is 3.44. The molecule has 0 spiro atoms. The Labute approximate surface area is 122 Å². The zero-order chi connectivity index (χ0) is 13.7. The third-order valence-electron chi connectivity index (χ3n) is 2.93. The Morgan fingerprint density at radius 2 is 2.42 bits per heavy atom. The maximum Gasteiger partial charge on any atom is 0.251 e. The molecule has 0 aliphatic carbocycles. The Morgan fingerprint density at radius 3 is 3.11 bits per heavy atom. The molecular formula is C13H18ClN3OS. The molecule has 1 saturated heterocycles. The van der Waals surface area contributed by atoms with Crippen molar-refractivity contribution in [1.82, 2.24) is 10.3 Å². The zero-order valence-electron chi connectivity index (χ0n) is 10.9. The normalized spacial score (nSPS) is 18.3. The topological polar surface area (TPSA) is 54.0 Å². The summed E-state index contributed by atoms with van der Waals surface area (Å²) in [5, 5.41) is 6.91. The van der Waals surface area contributed by atoms with Crippen molar-refractivity contribution in [2.24, 2.45) is 0 Å². The number of halogens is 1. The van der Waals surface area contributed by atoms with Crippen LogP contribution in [0.5, 0.6) is 0 Å². The second-order valence-electron chi connectivity index (χ2n) is 4.44. The number of thioether (sulfide) groups is 1. The van der Waals surface area contributed by atoms with E-state index in [-0.39, 0.29) is 5.91 Å². The molecule has 0 saturated carbocycles. The molecule has 1 amide bonds. The van der Waals surface area contributed by atoms with Gasteiger partial charge in [0, 0.05) is 23.9 Å². The van der Waals surface area contributed by atoms with Crippen molar-refractivity contribution in [3.8, 4) is 0 Å². The van der Waals surface area contributed by atoms with Crippen molar-refractivity contribution in [3.05, 3.63) is 22.8 Å². The molecule has 2 N–H and O–H groups in total. The van der Waals surface area contributed by atoms with Crippen molar-refractivity contribution >= 4 is 35.1 Å². The largest absolute Gasteiger partial charge is 0.370 e. The molecule has 0 radical (unpaired) electrons. The van der Waals surface area contributed by atoms with E-state index in [0.717, 1.165) is 13.1 Å². The number of aromatic nitrogens is 1. The van der Waals surface area contributed by atoms with Crippen LogP contribution in [-0.2, 0) is 0 Å². The highest BCUT2D eigenvalue weighted by molar-refractivity contribution is 8.00. The van der Waals surface area contributed by atoms with Gasteiger partial charge in [0.05, 0.1) is 0 Å². The standard InChI is InChI=1S/C13H18ClN3OS/c1-2-15-12-7-9(6-11(14)17-12)13(18)16-8-10-4-3-5-19-10/h6-7,10H,2-5,8H2,1H3,(H,15,17)(H,16,18). The summed E-state index contributed by atoms with van der Waals surface area (Å²) in [7, 11) is 0. The number of carbonyl (C=O) groups is 1. The summed E-state index contributed by atoms with van der Waals surface area (Å²) < 4.78 is 0. The minimum absolute atomic E-state index is 0.0871. The maximum absolute atomic E-state index is 12.1. The summed E-state index contributed by atoms with van der Waals surface area (Å²) in [6, 6.07) is 3.33. The molecule has 0 bridgehead atoms. The molecular weight excluding hydrogens is 282 g/mol. The van der Waals surface area contributed by atoms with E-state index >= 15 is 0 Å². The summed E-state index contributed by atoms with van der Waals surface area (Å²) in [6.07, 6.45) is 2.43. The average Bonchev–Trinajstić information content (AvgIpc) is 2.88. The number of nitrogens with zero attached hydrogens (tertiary/aromatic N) is 1. The lowest BCUT2D eigenvalue weighted by molar-refractivity contribution is 0.0953. The van der Waals surface area contributed by atoms with Gasteiger partial charge in [0.2, 0.25) is 0 Å². The molecule has 1 fully saturated rings. The van der Waals surface area contributed by atoms with Gasteiger partial charge in [-0.15, -0.1) is 0 Å². The van der Waals surface area contributed by atoms with Crippen molar-refractivity contribution in [1.29, 1.82) is 0 Å². The lowest BCUT2D eigenvalue weighted by Crippen LogP contribution is -2.29. The van der Waals surface area contributed by atoms with Gasteiger partial charge in [-0.1, -0.05) is 11.6 Å². The van der Waals surface area contributed by atoms with Crippen LogP contribution in [0.1, 0.15) is 30.1 Å². The van der Waals surface area contributed by atoms with Gasteiger partial charge >= 0.3 is 0 Å². The first-order chi connectivity index (χ1) is 9.19. The molecule has 1 aromatic heterocycles. The number of nitrogens with one attached hydrogen (secondary N) is 2. The average molecular weight is 300 g/mol. The number of hydrogen-bond donors (Lipinski definition) is 2. The number of pyridine rings is 1. The highest BCUT2D eigenvalue weighted by Crippen LogP contribution is 2.25. The van der Waals surface area contributed by atoms with Crippen molar-refractivity contribution in [3.63, 3.8) is 0 Å². The SMILES string of the molecule is CCNc1cc(C(=O)NCC2CCCS2)cc(Cl)n1. The second kappa shape index (κ2) is 7.01. The quantitative estimate of drug-likeness (QED) is 0.821. The van der Waals surface area contributed by atoms with Crippen LogP contribution in [0.15, 0.2) is 12.1 Å². The van der Waals surface area contributed by atoms with Crippen LogP contribution in [0.2, 0.25) is 5.15 Å². The molecule has 2 rings (SSSR count). The molecule has 104 valence electrons. The smallest absolute Gasteiger partial charge is 0.251 e. The third kappa shape index (κ3) is 4.28. The Balaban J connectivity index is 1.97.